The van der Waals surface area contributed by atoms with Crippen LogP contribution in [-0.4, -0.2) is 11.1 Å². The standard InChI is InChI=1S/C10H15N3.C2H6/c1-3-4-8-12-9-7(2)5-6-11-10(9)13-8;1-2/h5-6,8,12H,3-4H2,1-2H3,(H,11,13);1-2H3. The summed E-state index contributed by atoms with van der Waals surface area (Å²) >= 11 is 0. The third-order valence-electron chi connectivity index (χ3n) is 2.37. The van der Waals surface area contributed by atoms with E-state index in [1.165, 1.54) is 17.7 Å². The van der Waals surface area contributed by atoms with Gasteiger partial charge in [0.1, 0.15) is 0 Å². The lowest BCUT2D eigenvalue weighted by atomic mass is 10.2. The van der Waals surface area contributed by atoms with Gasteiger partial charge in [-0.25, -0.2) is 4.98 Å². The Morgan fingerprint density at radius 3 is 2.67 bits per heavy atom. The average Bonchev–Trinajstić information content (AvgIpc) is 2.66. The second kappa shape index (κ2) is 5.59. The zero-order chi connectivity index (χ0) is 11.3. The SMILES string of the molecule is CC.CCCC1Nc2nccc(C)c2N1. The van der Waals surface area contributed by atoms with Crippen LogP contribution in [0.2, 0.25) is 0 Å². The minimum atomic E-state index is 0.369. The highest BCUT2D eigenvalue weighted by Crippen LogP contribution is 2.30. The molecule has 2 rings (SSSR count). The third-order valence-corrected chi connectivity index (χ3v) is 2.37. The molecule has 0 amide bonds. The number of fused-ring (bicyclic) bond motifs is 1. The number of pyridine rings is 1. The summed E-state index contributed by atoms with van der Waals surface area (Å²) in [5.41, 5.74) is 2.43. The minimum absolute atomic E-state index is 0.369. The number of nitrogens with zero attached hydrogens (tertiary/aromatic N) is 1. The van der Waals surface area contributed by atoms with E-state index in [0.717, 1.165) is 12.2 Å². The number of aryl methyl sites for hydroxylation is 1. The molecule has 0 spiro atoms. The fourth-order valence-corrected chi connectivity index (χ4v) is 1.66. The van der Waals surface area contributed by atoms with Crippen LogP contribution in [0.3, 0.4) is 0 Å². The van der Waals surface area contributed by atoms with Gasteiger partial charge in [-0.1, -0.05) is 27.2 Å². The average molecular weight is 207 g/mol. The minimum Gasteiger partial charge on any atom is -0.362 e. The first kappa shape index (κ1) is 11.8. The molecule has 0 fully saturated rings. The fraction of sp³-hybridized carbons (Fsp3) is 0.583. The molecule has 1 aromatic heterocycles. The summed E-state index contributed by atoms with van der Waals surface area (Å²) < 4.78 is 0. The molecule has 0 aliphatic carbocycles. The van der Waals surface area contributed by atoms with Gasteiger partial charge in [0.2, 0.25) is 0 Å². The number of anilines is 2. The van der Waals surface area contributed by atoms with Gasteiger partial charge in [-0.2, -0.15) is 0 Å². The van der Waals surface area contributed by atoms with Crippen molar-refractivity contribution in [2.75, 3.05) is 10.6 Å². The van der Waals surface area contributed by atoms with Gasteiger partial charge in [-0.15, -0.1) is 0 Å². The molecule has 1 aliphatic rings. The molecule has 1 unspecified atom stereocenters. The molecular formula is C12H21N3. The van der Waals surface area contributed by atoms with E-state index in [4.69, 9.17) is 0 Å². The molecule has 0 saturated heterocycles. The molecule has 1 aliphatic heterocycles. The Morgan fingerprint density at radius 1 is 1.33 bits per heavy atom. The van der Waals surface area contributed by atoms with Crippen LogP contribution in [-0.2, 0) is 0 Å². The summed E-state index contributed by atoms with van der Waals surface area (Å²) in [7, 11) is 0. The quantitative estimate of drug-likeness (QED) is 0.780. The van der Waals surface area contributed by atoms with Crippen molar-refractivity contribution in [1.82, 2.24) is 4.98 Å². The first-order chi connectivity index (χ1) is 7.31. The maximum absolute atomic E-state index is 4.28. The van der Waals surface area contributed by atoms with Crippen molar-refractivity contribution in [3.05, 3.63) is 17.8 Å². The summed E-state index contributed by atoms with van der Waals surface area (Å²) in [5, 5.41) is 6.78. The lowest BCUT2D eigenvalue weighted by molar-refractivity contribution is 0.715. The number of nitrogens with one attached hydrogen (secondary N) is 2. The molecule has 1 atom stereocenters. The van der Waals surface area contributed by atoms with Gasteiger partial charge in [-0.3, -0.25) is 0 Å². The van der Waals surface area contributed by atoms with Crippen molar-refractivity contribution in [1.29, 1.82) is 0 Å². The molecule has 0 saturated carbocycles. The normalized spacial score (nSPS) is 16.9. The summed E-state index contributed by atoms with van der Waals surface area (Å²) in [6.45, 7) is 8.29. The molecule has 2 N–H and O–H groups in total. The molecular weight excluding hydrogens is 186 g/mol. The van der Waals surface area contributed by atoms with Crippen molar-refractivity contribution >= 4 is 11.5 Å². The van der Waals surface area contributed by atoms with Gasteiger partial charge in [0.05, 0.1) is 11.9 Å². The van der Waals surface area contributed by atoms with Crippen LogP contribution in [0.1, 0.15) is 39.2 Å². The van der Waals surface area contributed by atoms with Crippen molar-refractivity contribution in [2.24, 2.45) is 0 Å². The first-order valence-corrected chi connectivity index (χ1v) is 5.80. The van der Waals surface area contributed by atoms with Crippen molar-refractivity contribution < 1.29 is 0 Å². The van der Waals surface area contributed by atoms with Crippen LogP contribution in [0, 0.1) is 6.92 Å². The highest BCUT2D eigenvalue weighted by atomic mass is 15.2. The molecule has 1 aromatic rings. The summed E-state index contributed by atoms with van der Waals surface area (Å²) in [5.74, 6) is 0.999. The van der Waals surface area contributed by atoms with Gasteiger partial charge in [0, 0.05) is 6.20 Å². The monoisotopic (exact) mass is 207 g/mol. The van der Waals surface area contributed by atoms with E-state index in [1.54, 1.807) is 0 Å². The van der Waals surface area contributed by atoms with Crippen LogP contribution in [0.25, 0.3) is 0 Å². The number of hydrogen-bond acceptors (Lipinski definition) is 3. The lowest BCUT2D eigenvalue weighted by Crippen LogP contribution is -2.21. The molecule has 0 bridgehead atoms. The Morgan fingerprint density at radius 2 is 2.07 bits per heavy atom. The van der Waals surface area contributed by atoms with E-state index in [-0.39, 0.29) is 0 Å². The topological polar surface area (TPSA) is 37.0 Å². The number of aromatic nitrogens is 1. The summed E-state index contributed by atoms with van der Waals surface area (Å²) in [4.78, 5) is 4.28. The van der Waals surface area contributed by atoms with E-state index in [9.17, 15) is 0 Å². The van der Waals surface area contributed by atoms with Gasteiger partial charge >= 0.3 is 0 Å². The zero-order valence-electron chi connectivity index (χ0n) is 10.1. The van der Waals surface area contributed by atoms with Crippen LogP contribution in [0.5, 0.6) is 0 Å². The Balaban J connectivity index is 0.000000531. The molecule has 15 heavy (non-hydrogen) atoms. The van der Waals surface area contributed by atoms with Crippen molar-refractivity contribution in [3.63, 3.8) is 0 Å². The van der Waals surface area contributed by atoms with E-state index in [0.29, 0.717) is 6.17 Å². The first-order valence-electron chi connectivity index (χ1n) is 5.80. The fourth-order valence-electron chi connectivity index (χ4n) is 1.66. The smallest absolute Gasteiger partial charge is 0.151 e. The number of hydrogen-bond donors (Lipinski definition) is 2. The Bertz CT molecular complexity index is 310. The molecule has 0 aromatic carbocycles. The Hall–Kier alpha value is -1.25. The zero-order valence-corrected chi connectivity index (χ0v) is 10.1. The van der Waals surface area contributed by atoms with Gasteiger partial charge < -0.3 is 10.6 Å². The van der Waals surface area contributed by atoms with Crippen LogP contribution in [0.4, 0.5) is 11.5 Å². The molecule has 3 nitrogen and oxygen atoms in total. The second-order valence-corrected chi connectivity index (χ2v) is 3.48. The van der Waals surface area contributed by atoms with E-state index >= 15 is 0 Å². The summed E-state index contributed by atoms with van der Waals surface area (Å²) in [6, 6.07) is 2.03. The lowest BCUT2D eigenvalue weighted by Gasteiger charge is -2.09. The van der Waals surface area contributed by atoms with Crippen molar-refractivity contribution in [2.45, 2.75) is 46.7 Å². The predicted octanol–water partition coefficient (Wildman–Crippen LogP) is 3.38. The highest BCUT2D eigenvalue weighted by molar-refractivity contribution is 5.73. The van der Waals surface area contributed by atoms with Crippen LogP contribution in [0.15, 0.2) is 12.3 Å². The highest BCUT2D eigenvalue weighted by Gasteiger charge is 2.20. The molecule has 3 heteroatoms. The number of rotatable bonds is 2. The maximum atomic E-state index is 4.28. The molecule has 2 heterocycles. The second-order valence-electron chi connectivity index (χ2n) is 3.48. The van der Waals surface area contributed by atoms with E-state index < -0.39 is 0 Å². The maximum Gasteiger partial charge on any atom is 0.151 e. The predicted molar refractivity (Wildman–Crippen MR) is 66.3 cm³/mol. The van der Waals surface area contributed by atoms with E-state index in [2.05, 4.69) is 29.5 Å². The van der Waals surface area contributed by atoms with Crippen LogP contribution >= 0.6 is 0 Å². The van der Waals surface area contributed by atoms with Crippen molar-refractivity contribution in [3.8, 4) is 0 Å². The van der Waals surface area contributed by atoms with Crippen LogP contribution < -0.4 is 10.6 Å². The molecule has 0 radical (unpaired) electrons. The van der Waals surface area contributed by atoms with E-state index in [1.807, 2.05) is 26.1 Å². The third kappa shape index (κ3) is 2.61. The molecule has 84 valence electrons. The Kier molecular flexibility index (Phi) is 4.40. The summed E-state index contributed by atoms with van der Waals surface area (Å²) in [6.07, 6.45) is 4.53. The van der Waals surface area contributed by atoms with Gasteiger partial charge in [0.15, 0.2) is 5.82 Å². The Labute approximate surface area is 92.3 Å². The van der Waals surface area contributed by atoms with Gasteiger partial charge in [-0.05, 0) is 25.0 Å². The largest absolute Gasteiger partial charge is 0.362 e. The van der Waals surface area contributed by atoms with Gasteiger partial charge in [0.25, 0.3) is 0 Å².